The van der Waals surface area contributed by atoms with Crippen LogP contribution in [0.25, 0.3) is 0 Å². The number of nitrogens with one attached hydrogen (secondary N) is 1. The molecule has 0 saturated carbocycles. The molecule has 122 valence electrons. The van der Waals surface area contributed by atoms with Crippen molar-refractivity contribution in [2.75, 3.05) is 25.5 Å². The number of hydrogen-bond donors (Lipinski definition) is 1. The summed E-state index contributed by atoms with van der Waals surface area (Å²) in [5.74, 6) is 1.38. The van der Waals surface area contributed by atoms with E-state index in [-0.39, 0.29) is 5.91 Å². The van der Waals surface area contributed by atoms with Gasteiger partial charge in [0.25, 0.3) is 5.91 Å². The molecule has 0 spiro atoms. The summed E-state index contributed by atoms with van der Waals surface area (Å²) in [6.07, 6.45) is 8.34. The van der Waals surface area contributed by atoms with Crippen LogP contribution in [0.3, 0.4) is 0 Å². The van der Waals surface area contributed by atoms with Crippen LogP contribution in [-0.2, 0) is 13.5 Å². The summed E-state index contributed by atoms with van der Waals surface area (Å²) in [7, 11) is 3.77. The fourth-order valence-electron chi connectivity index (χ4n) is 3.26. The Morgan fingerprint density at radius 1 is 1.39 bits per heavy atom. The van der Waals surface area contributed by atoms with E-state index in [0.29, 0.717) is 5.92 Å². The monoisotopic (exact) mass is 313 g/mol. The quantitative estimate of drug-likeness (QED) is 0.937. The van der Waals surface area contributed by atoms with Gasteiger partial charge in [0.05, 0.1) is 5.69 Å². The minimum absolute atomic E-state index is 0.121. The molecule has 6 nitrogen and oxygen atoms in total. The molecule has 0 radical (unpaired) electrons. The zero-order valence-electron chi connectivity index (χ0n) is 13.7. The minimum Gasteiger partial charge on any atom is -0.372 e. The molecule has 23 heavy (non-hydrogen) atoms. The van der Waals surface area contributed by atoms with Gasteiger partial charge in [-0.25, -0.2) is 4.98 Å². The van der Waals surface area contributed by atoms with Gasteiger partial charge in [-0.1, -0.05) is 0 Å². The van der Waals surface area contributed by atoms with Crippen molar-refractivity contribution in [3.8, 4) is 0 Å². The molecular formula is C17H23N5O. The lowest BCUT2D eigenvalue weighted by Gasteiger charge is -2.33. The van der Waals surface area contributed by atoms with E-state index >= 15 is 0 Å². The van der Waals surface area contributed by atoms with Crippen LogP contribution in [0.4, 0.5) is 5.82 Å². The highest BCUT2D eigenvalue weighted by molar-refractivity contribution is 5.92. The van der Waals surface area contributed by atoms with Gasteiger partial charge in [-0.3, -0.25) is 9.78 Å². The standard InChI is InChI=1S/C17H23N5O/c1-18-16-14(19-7-8-20-16)11-13-5-3-10-22(12-13)17(23)15-6-4-9-21(15)2/h4,6-9,13H,3,5,10-12H2,1-2H3,(H,18,20)/t13-/m1/s1. The number of nitrogens with zero attached hydrogens (tertiary/aromatic N) is 4. The lowest BCUT2D eigenvalue weighted by atomic mass is 9.93. The van der Waals surface area contributed by atoms with E-state index in [2.05, 4.69) is 15.3 Å². The smallest absolute Gasteiger partial charge is 0.270 e. The maximum Gasteiger partial charge on any atom is 0.270 e. The first-order valence-corrected chi connectivity index (χ1v) is 8.07. The third-order valence-electron chi connectivity index (χ3n) is 4.46. The van der Waals surface area contributed by atoms with Gasteiger partial charge in [0.1, 0.15) is 11.5 Å². The number of hydrogen-bond acceptors (Lipinski definition) is 4. The van der Waals surface area contributed by atoms with E-state index in [9.17, 15) is 4.79 Å². The van der Waals surface area contributed by atoms with Crippen LogP contribution in [0.1, 0.15) is 29.0 Å². The van der Waals surface area contributed by atoms with E-state index < -0.39 is 0 Å². The number of carbonyl (C=O) groups excluding carboxylic acids is 1. The second kappa shape index (κ2) is 6.81. The number of aryl methyl sites for hydroxylation is 1. The molecule has 3 rings (SSSR count). The van der Waals surface area contributed by atoms with Crippen molar-refractivity contribution in [2.45, 2.75) is 19.3 Å². The molecule has 1 saturated heterocycles. The Morgan fingerprint density at radius 3 is 2.96 bits per heavy atom. The number of piperidine rings is 1. The Hall–Kier alpha value is -2.37. The van der Waals surface area contributed by atoms with Crippen molar-refractivity contribution in [2.24, 2.45) is 13.0 Å². The largest absolute Gasteiger partial charge is 0.372 e. The van der Waals surface area contributed by atoms with Crippen LogP contribution in [0.15, 0.2) is 30.7 Å². The average molecular weight is 313 g/mol. The minimum atomic E-state index is 0.121. The highest BCUT2D eigenvalue weighted by Crippen LogP contribution is 2.23. The van der Waals surface area contributed by atoms with Gasteiger partial charge in [-0.15, -0.1) is 0 Å². The van der Waals surface area contributed by atoms with Crippen LogP contribution in [-0.4, -0.2) is 45.5 Å². The summed E-state index contributed by atoms with van der Waals surface area (Å²) in [4.78, 5) is 23.4. The molecule has 1 fully saturated rings. The van der Waals surface area contributed by atoms with Crippen molar-refractivity contribution in [1.82, 2.24) is 19.4 Å². The van der Waals surface area contributed by atoms with Gasteiger partial charge >= 0.3 is 0 Å². The van der Waals surface area contributed by atoms with Gasteiger partial charge < -0.3 is 14.8 Å². The Bertz CT molecular complexity index is 681. The maximum absolute atomic E-state index is 12.7. The second-order valence-corrected chi connectivity index (χ2v) is 6.07. The van der Waals surface area contributed by atoms with Gasteiger partial charge in [0.2, 0.25) is 0 Å². The topological polar surface area (TPSA) is 63.1 Å². The molecule has 1 atom stereocenters. The van der Waals surface area contributed by atoms with Crippen molar-refractivity contribution < 1.29 is 4.79 Å². The zero-order valence-corrected chi connectivity index (χ0v) is 13.7. The molecule has 2 aromatic rings. The summed E-state index contributed by atoms with van der Waals surface area (Å²) in [6.45, 7) is 1.61. The Morgan fingerprint density at radius 2 is 2.22 bits per heavy atom. The molecule has 3 heterocycles. The highest BCUT2D eigenvalue weighted by Gasteiger charge is 2.26. The van der Waals surface area contributed by atoms with Crippen molar-refractivity contribution in [3.05, 3.63) is 42.1 Å². The zero-order chi connectivity index (χ0) is 16.2. The molecule has 0 bridgehead atoms. The van der Waals surface area contributed by atoms with E-state index in [1.54, 1.807) is 12.4 Å². The van der Waals surface area contributed by atoms with Crippen molar-refractivity contribution in [3.63, 3.8) is 0 Å². The molecule has 6 heteroatoms. The maximum atomic E-state index is 12.7. The van der Waals surface area contributed by atoms with E-state index in [4.69, 9.17) is 0 Å². The van der Waals surface area contributed by atoms with Crippen LogP contribution in [0, 0.1) is 5.92 Å². The number of anilines is 1. The third kappa shape index (κ3) is 3.36. The van der Waals surface area contributed by atoms with E-state index in [1.807, 2.05) is 41.9 Å². The highest BCUT2D eigenvalue weighted by atomic mass is 16.2. The van der Waals surface area contributed by atoms with E-state index in [0.717, 1.165) is 49.6 Å². The molecule has 1 aliphatic rings. The molecular weight excluding hydrogens is 290 g/mol. The molecule has 1 N–H and O–H groups in total. The number of carbonyl (C=O) groups is 1. The normalized spacial score (nSPS) is 18.0. The third-order valence-corrected chi connectivity index (χ3v) is 4.46. The van der Waals surface area contributed by atoms with Crippen molar-refractivity contribution >= 4 is 11.7 Å². The van der Waals surface area contributed by atoms with Crippen LogP contribution in [0.5, 0.6) is 0 Å². The average Bonchev–Trinajstić information content (AvgIpc) is 3.01. The number of amides is 1. The van der Waals surface area contributed by atoms with Gasteiger partial charge in [0, 0.05) is 45.8 Å². The van der Waals surface area contributed by atoms with Gasteiger partial charge in [0.15, 0.2) is 0 Å². The van der Waals surface area contributed by atoms with Gasteiger partial charge in [-0.2, -0.15) is 0 Å². The number of aromatic nitrogens is 3. The predicted octanol–water partition coefficient (Wildman–Crippen LogP) is 1.95. The number of likely N-dealkylation sites (tertiary alicyclic amines) is 1. The molecule has 1 amide bonds. The first-order valence-electron chi connectivity index (χ1n) is 8.07. The first kappa shape index (κ1) is 15.5. The molecule has 1 aliphatic heterocycles. The molecule has 0 unspecified atom stereocenters. The van der Waals surface area contributed by atoms with Crippen LogP contribution < -0.4 is 5.32 Å². The van der Waals surface area contributed by atoms with Crippen LogP contribution in [0.2, 0.25) is 0 Å². The Kier molecular flexibility index (Phi) is 4.60. The lowest BCUT2D eigenvalue weighted by molar-refractivity contribution is 0.0663. The summed E-state index contributed by atoms with van der Waals surface area (Å²) >= 11 is 0. The predicted molar refractivity (Wildman–Crippen MR) is 89.3 cm³/mol. The molecule has 0 aliphatic carbocycles. The lowest BCUT2D eigenvalue weighted by Crippen LogP contribution is -2.41. The first-order chi connectivity index (χ1) is 11.2. The van der Waals surface area contributed by atoms with Crippen molar-refractivity contribution in [1.29, 1.82) is 0 Å². The SMILES string of the molecule is CNc1nccnc1C[C@H]1CCCN(C(=O)c2cccn2C)C1. The summed E-state index contributed by atoms with van der Waals surface area (Å²) in [6, 6.07) is 3.79. The summed E-state index contributed by atoms with van der Waals surface area (Å²) < 4.78 is 1.88. The molecule has 0 aromatic carbocycles. The van der Waals surface area contributed by atoms with Gasteiger partial charge in [-0.05, 0) is 37.3 Å². The summed E-state index contributed by atoms with van der Waals surface area (Å²) in [5, 5.41) is 3.09. The fourth-order valence-corrected chi connectivity index (χ4v) is 3.26. The molecule has 2 aromatic heterocycles. The second-order valence-electron chi connectivity index (χ2n) is 6.07. The summed E-state index contributed by atoms with van der Waals surface area (Å²) in [5.41, 5.74) is 1.73. The number of rotatable bonds is 4. The van der Waals surface area contributed by atoms with Crippen LogP contribution >= 0.6 is 0 Å². The van der Waals surface area contributed by atoms with E-state index in [1.165, 1.54) is 0 Å². The fraction of sp³-hybridized carbons (Fsp3) is 0.471. The Labute approximate surface area is 136 Å². The Balaban J connectivity index is 1.69.